The van der Waals surface area contributed by atoms with E-state index in [9.17, 15) is 13.8 Å². The topological polar surface area (TPSA) is 60.4 Å². The molecule has 0 bridgehead atoms. The monoisotopic (exact) mass is 220 g/mol. The van der Waals surface area contributed by atoms with Crippen LogP contribution in [0.2, 0.25) is 0 Å². The van der Waals surface area contributed by atoms with E-state index in [1.807, 2.05) is 0 Å². The van der Waals surface area contributed by atoms with Crippen LogP contribution in [0.25, 0.3) is 0 Å². The molecule has 0 aliphatic rings. The first-order chi connectivity index (χ1) is 6.60. The minimum atomic E-state index is -1.08. The lowest BCUT2D eigenvalue weighted by Gasteiger charge is -2.00. The molecule has 4 nitrogen and oxygen atoms in total. The third-order valence-corrected chi connectivity index (χ3v) is 2.85. The summed E-state index contributed by atoms with van der Waals surface area (Å²) in [4.78, 5) is 22.0. The van der Waals surface area contributed by atoms with Crippen LogP contribution in [0.4, 0.5) is 0 Å². The molecule has 0 aliphatic carbocycles. The maximum Gasteiger partial charge on any atom is 0.306 e. The van der Waals surface area contributed by atoms with Crippen molar-refractivity contribution in [1.82, 2.24) is 0 Å². The zero-order valence-electron chi connectivity index (χ0n) is 8.58. The van der Waals surface area contributed by atoms with Gasteiger partial charge in [-0.1, -0.05) is 6.92 Å². The number of rotatable bonds is 7. The van der Waals surface area contributed by atoms with Gasteiger partial charge in [-0.2, -0.15) is 0 Å². The maximum atomic E-state index is 11.1. The Bertz CT molecular complexity index is 225. The Balaban J connectivity index is 3.63. The lowest BCUT2D eigenvalue weighted by molar-refractivity contribution is -0.144. The van der Waals surface area contributed by atoms with Crippen LogP contribution >= 0.6 is 0 Å². The third kappa shape index (κ3) is 6.77. The van der Waals surface area contributed by atoms with Gasteiger partial charge in [0.1, 0.15) is 5.78 Å². The van der Waals surface area contributed by atoms with Crippen molar-refractivity contribution in [3.63, 3.8) is 0 Å². The zero-order chi connectivity index (χ0) is 11.0. The summed E-state index contributed by atoms with van der Waals surface area (Å²) in [6.07, 6.45) is 0.220. The number of hydrogen-bond acceptors (Lipinski definition) is 4. The predicted molar refractivity (Wildman–Crippen MR) is 54.4 cm³/mol. The van der Waals surface area contributed by atoms with Gasteiger partial charge in [-0.05, 0) is 6.92 Å². The molecule has 14 heavy (non-hydrogen) atoms. The average Bonchev–Trinajstić information content (AvgIpc) is 2.15. The fraction of sp³-hybridized carbons (Fsp3) is 0.778. The van der Waals surface area contributed by atoms with E-state index in [4.69, 9.17) is 0 Å². The van der Waals surface area contributed by atoms with Gasteiger partial charge >= 0.3 is 5.97 Å². The SMILES string of the molecule is CCOC(=O)CCC(=O)CS(=O)CC. The number of esters is 1. The Morgan fingerprint density at radius 2 is 1.86 bits per heavy atom. The Kier molecular flexibility index (Phi) is 7.28. The molecular weight excluding hydrogens is 204 g/mol. The van der Waals surface area contributed by atoms with Crippen LogP contribution in [0.3, 0.4) is 0 Å². The van der Waals surface area contributed by atoms with E-state index in [1.54, 1.807) is 13.8 Å². The van der Waals surface area contributed by atoms with Crippen molar-refractivity contribution in [2.24, 2.45) is 0 Å². The molecule has 0 saturated carbocycles. The number of Topliss-reactive ketones (excluding diaryl/α,β-unsaturated/α-hetero) is 1. The zero-order valence-corrected chi connectivity index (χ0v) is 9.39. The van der Waals surface area contributed by atoms with E-state index in [2.05, 4.69) is 4.74 Å². The molecule has 0 aromatic heterocycles. The third-order valence-electron chi connectivity index (χ3n) is 1.56. The fourth-order valence-electron chi connectivity index (χ4n) is 0.828. The molecule has 0 aromatic rings. The van der Waals surface area contributed by atoms with Gasteiger partial charge in [0.15, 0.2) is 0 Å². The number of hydrogen-bond donors (Lipinski definition) is 0. The lowest BCUT2D eigenvalue weighted by Crippen LogP contribution is -2.14. The highest BCUT2D eigenvalue weighted by Crippen LogP contribution is 1.96. The summed E-state index contributed by atoms with van der Waals surface area (Å²) in [6.45, 7) is 3.80. The van der Waals surface area contributed by atoms with Crippen LogP contribution in [0, 0.1) is 0 Å². The van der Waals surface area contributed by atoms with E-state index < -0.39 is 10.8 Å². The van der Waals surface area contributed by atoms with Gasteiger partial charge in [0.05, 0.1) is 18.8 Å². The van der Waals surface area contributed by atoms with E-state index >= 15 is 0 Å². The number of carbonyl (C=O) groups excluding carboxylic acids is 2. The molecule has 1 atom stereocenters. The molecule has 1 unspecified atom stereocenters. The van der Waals surface area contributed by atoms with Crippen LogP contribution in [0.1, 0.15) is 26.7 Å². The van der Waals surface area contributed by atoms with E-state index in [1.165, 1.54) is 0 Å². The summed E-state index contributed by atoms with van der Waals surface area (Å²) in [5, 5.41) is 0. The van der Waals surface area contributed by atoms with Crippen molar-refractivity contribution in [2.75, 3.05) is 18.1 Å². The second-order valence-corrected chi connectivity index (χ2v) is 4.46. The minimum absolute atomic E-state index is 0.0515. The molecule has 0 radical (unpaired) electrons. The molecule has 0 heterocycles. The molecule has 0 rings (SSSR count). The highest BCUT2D eigenvalue weighted by Gasteiger charge is 2.09. The van der Waals surface area contributed by atoms with Crippen LogP contribution in [0.15, 0.2) is 0 Å². The Hall–Kier alpha value is -0.710. The fourth-order valence-corrected chi connectivity index (χ4v) is 1.54. The first-order valence-electron chi connectivity index (χ1n) is 4.62. The van der Waals surface area contributed by atoms with Gasteiger partial charge in [0.2, 0.25) is 0 Å². The Labute approximate surface area is 86.5 Å². The summed E-state index contributed by atoms with van der Waals surface area (Å²) in [5.74, 6) is 0.0162. The van der Waals surface area contributed by atoms with Crippen molar-refractivity contribution in [3.8, 4) is 0 Å². The molecule has 0 saturated heterocycles. The average molecular weight is 220 g/mol. The molecular formula is C9H16O4S. The van der Waals surface area contributed by atoms with Crippen LogP contribution in [0.5, 0.6) is 0 Å². The Morgan fingerprint density at radius 3 is 2.36 bits per heavy atom. The molecule has 0 aromatic carbocycles. The van der Waals surface area contributed by atoms with E-state index in [0.29, 0.717) is 12.4 Å². The smallest absolute Gasteiger partial charge is 0.306 e. The lowest BCUT2D eigenvalue weighted by atomic mass is 10.2. The van der Waals surface area contributed by atoms with Gasteiger partial charge in [-0.25, -0.2) is 0 Å². The van der Waals surface area contributed by atoms with Gasteiger partial charge in [0, 0.05) is 23.0 Å². The first kappa shape index (κ1) is 13.3. The molecule has 0 N–H and O–H groups in total. The Morgan fingerprint density at radius 1 is 1.21 bits per heavy atom. The number of ether oxygens (including phenoxy) is 1. The second kappa shape index (κ2) is 7.67. The molecule has 0 fully saturated rings. The quantitative estimate of drug-likeness (QED) is 0.592. The summed E-state index contributed by atoms with van der Waals surface area (Å²) < 4.78 is 15.6. The van der Waals surface area contributed by atoms with Crippen LogP contribution in [-0.2, 0) is 25.1 Å². The summed E-state index contributed by atoms with van der Waals surface area (Å²) in [5.41, 5.74) is 0. The van der Waals surface area contributed by atoms with Gasteiger partial charge in [-0.15, -0.1) is 0 Å². The van der Waals surface area contributed by atoms with Gasteiger partial charge in [0.25, 0.3) is 0 Å². The number of ketones is 1. The van der Waals surface area contributed by atoms with Crippen LogP contribution in [-0.4, -0.2) is 34.1 Å². The summed E-state index contributed by atoms with van der Waals surface area (Å²) >= 11 is 0. The normalized spacial score (nSPS) is 12.1. The molecule has 82 valence electrons. The van der Waals surface area contributed by atoms with Crippen molar-refractivity contribution in [2.45, 2.75) is 26.7 Å². The van der Waals surface area contributed by atoms with Crippen molar-refractivity contribution >= 4 is 22.6 Å². The minimum Gasteiger partial charge on any atom is -0.466 e. The summed E-state index contributed by atoms with van der Waals surface area (Å²) in [6, 6.07) is 0. The van der Waals surface area contributed by atoms with Crippen molar-refractivity contribution < 1.29 is 18.5 Å². The van der Waals surface area contributed by atoms with Gasteiger partial charge < -0.3 is 4.74 Å². The maximum absolute atomic E-state index is 11.1. The second-order valence-electron chi connectivity index (χ2n) is 2.72. The number of carbonyl (C=O) groups is 2. The predicted octanol–water partition coefficient (Wildman–Crippen LogP) is 0.667. The largest absolute Gasteiger partial charge is 0.466 e. The first-order valence-corrected chi connectivity index (χ1v) is 6.11. The highest BCUT2D eigenvalue weighted by molar-refractivity contribution is 7.85. The highest BCUT2D eigenvalue weighted by atomic mass is 32.2. The molecule has 0 aliphatic heterocycles. The molecule has 0 amide bonds. The van der Waals surface area contributed by atoms with E-state index in [-0.39, 0.29) is 30.3 Å². The van der Waals surface area contributed by atoms with Crippen molar-refractivity contribution in [1.29, 1.82) is 0 Å². The van der Waals surface area contributed by atoms with Crippen molar-refractivity contribution in [3.05, 3.63) is 0 Å². The standard InChI is InChI=1S/C9H16O4S/c1-3-13-9(11)6-5-8(10)7-14(12)4-2/h3-7H2,1-2H3. The van der Waals surface area contributed by atoms with E-state index in [0.717, 1.165) is 0 Å². The van der Waals surface area contributed by atoms with Gasteiger partial charge in [-0.3, -0.25) is 13.8 Å². The molecule has 5 heteroatoms. The molecule has 0 spiro atoms. The summed E-state index contributed by atoms with van der Waals surface area (Å²) in [7, 11) is -1.08. The van der Waals surface area contributed by atoms with Crippen LogP contribution < -0.4 is 0 Å².